The molecule has 0 radical (unpaired) electrons. The summed E-state index contributed by atoms with van der Waals surface area (Å²) in [5.41, 5.74) is 3.80. The summed E-state index contributed by atoms with van der Waals surface area (Å²) in [5, 5.41) is 8.41. The summed E-state index contributed by atoms with van der Waals surface area (Å²) in [6.45, 7) is 7.56. The van der Waals surface area contributed by atoms with Gasteiger partial charge in [-0.2, -0.15) is 4.98 Å². The van der Waals surface area contributed by atoms with Gasteiger partial charge in [0.2, 0.25) is 5.82 Å². The molecule has 2 aromatic carbocycles. The molecular weight excluding hydrogens is 436 g/mol. The van der Waals surface area contributed by atoms with Gasteiger partial charge in [0, 0.05) is 17.8 Å². The van der Waals surface area contributed by atoms with Gasteiger partial charge in [0.05, 0.1) is 25.3 Å². The largest absolute Gasteiger partial charge is 0.497 e. The van der Waals surface area contributed by atoms with Crippen LogP contribution >= 0.6 is 12.2 Å². The molecule has 4 rings (SSSR count). The first-order valence-corrected chi connectivity index (χ1v) is 11.5. The Morgan fingerprint density at radius 3 is 2.39 bits per heavy atom. The van der Waals surface area contributed by atoms with Crippen molar-refractivity contribution in [1.82, 2.24) is 20.4 Å². The van der Waals surface area contributed by atoms with Gasteiger partial charge in [0.1, 0.15) is 11.5 Å². The van der Waals surface area contributed by atoms with E-state index in [1.54, 1.807) is 7.11 Å². The number of nitrogens with zero attached hydrogens (tertiary/aromatic N) is 3. The van der Waals surface area contributed by atoms with Crippen molar-refractivity contribution in [2.45, 2.75) is 33.2 Å². The standard InChI is InChI=1S/C25H28N4O3S/c1-5-15-29-16(3)21(22(26-25(29)33)17-7-11-19(30-4)12-8-17)24-27-23(28-32-24)18-9-13-20(14-10-18)31-6-2/h7-14,22H,5-6,15H2,1-4H3,(H,26,33). The molecule has 33 heavy (non-hydrogen) atoms. The van der Waals surface area contributed by atoms with Gasteiger partial charge in [-0.1, -0.05) is 24.2 Å². The SMILES string of the molecule is CCCN1C(=S)NC(c2ccc(OC)cc2)C(c2nc(-c3ccc(OCC)cc3)no2)=C1C. The van der Waals surface area contributed by atoms with Crippen LogP contribution in [0, 0.1) is 0 Å². The fraction of sp³-hybridized carbons (Fsp3) is 0.320. The number of hydrogen-bond donors (Lipinski definition) is 1. The van der Waals surface area contributed by atoms with E-state index >= 15 is 0 Å². The molecule has 0 saturated carbocycles. The molecule has 7 nitrogen and oxygen atoms in total. The minimum Gasteiger partial charge on any atom is -0.497 e. The summed E-state index contributed by atoms with van der Waals surface area (Å²) in [5.74, 6) is 2.59. The van der Waals surface area contributed by atoms with Crippen molar-refractivity contribution < 1.29 is 14.0 Å². The second kappa shape index (κ2) is 10.0. The Kier molecular flexibility index (Phi) is 6.93. The molecule has 1 unspecified atom stereocenters. The molecule has 8 heteroatoms. The number of thiocarbonyl (C=S) groups is 1. The molecule has 1 atom stereocenters. The molecular formula is C25H28N4O3S. The van der Waals surface area contributed by atoms with Crippen molar-refractivity contribution in [3.05, 3.63) is 65.7 Å². The third-order valence-electron chi connectivity index (χ3n) is 5.57. The van der Waals surface area contributed by atoms with E-state index in [4.69, 9.17) is 31.2 Å². The lowest BCUT2D eigenvalue weighted by molar-refractivity contribution is 0.340. The summed E-state index contributed by atoms with van der Waals surface area (Å²) < 4.78 is 16.6. The van der Waals surface area contributed by atoms with Crippen LogP contribution < -0.4 is 14.8 Å². The third-order valence-corrected chi connectivity index (χ3v) is 5.91. The van der Waals surface area contributed by atoms with E-state index in [-0.39, 0.29) is 6.04 Å². The van der Waals surface area contributed by atoms with Crippen LogP contribution in [0.1, 0.15) is 44.7 Å². The van der Waals surface area contributed by atoms with E-state index in [1.165, 1.54) is 0 Å². The van der Waals surface area contributed by atoms with Crippen LogP contribution in [-0.2, 0) is 0 Å². The Morgan fingerprint density at radius 2 is 1.76 bits per heavy atom. The summed E-state index contributed by atoms with van der Waals surface area (Å²) in [4.78, 5) is 6.84. The molecule has 0 aliphatic carbocycles. The highest BCUT2D eigenvalue weighted by molar-refractivity contribution is 7.80. The molecule has 172 valence electrons. The molecule has 0 bridgehead atoms. The fourth-order valence-electron chi connectivity index (χ4n) is 3.91. The van der Waals surface area contributed by atoms with Crippen molar-refractivity contribution in [2.24, 2.45) is 0 Å². The zero-order valence-electron chi connectivity index (χ0n) is 19.3. The topological polar surface area (TPSA) is 72.7 Å². The smallest absolute Gasteiger partial charge is 0.258 e. The molecule has 1 aliphatic rings. The summed E-state index contributed by atoms with van der Waals surface area (Å²) in [6.07, 6.45) is 0.959. The minimum absolute atomic E-state index is 0.217. The normalized spacial score (nSPS) is 16.1. The maximum Gasteiger partial charge on any atom is 0.258 e. The second-order valence-corrected chi connectivity index (χ2v) is 8.07. The van der Waals surface area contributed by atoms with Gasteiger partial charge >= 0.3 is 0 Å². The Labute approximate surface area is 199 Å². The number of methoxy groups -OCH3 is 1. The first-order chi connectivity index (χ1) is 16.0. The monoisotopic (exact) mass is 464 g/mol. The molecule has 0 fully saturated rings. The lowest BCUT2D eigenvalue weighted by Crippen LogP contribution is -2.46. The molecule has 1 aliphatic heterocycles. The Balaban J connectivity index is 1.74. The van der Waals surface area contributed by atoms with E-state index in [0.29, 0.717) is 23.4 Å². The van der Waals surface area contributed by atoms with E-state index < -0.39 is 0 Å². The predicted molar refractivity (Wildman–Crippen MR) is 132 cm³/mol. The maximum absolute atomic E-state index is 5.78. The van der Waals surface area contributed by atoms with Gasteiger partial charge in [0.25, 0.3) is 5.89 Å². The number of aromatic nitrogens is 2. The molecule has 2 heterocycles. The average Bonchev–Trinajstić information content (AvgIpc) is 3.32. The number of hydrogen-bond acceptors (Lipinski definition) is 6. The van der Waals surface area contributed by atoms with Gasteiger partial charge in [-0.3, -0.25) is 0 Å². The lowest BCUT2D eigenvalue weighted by Gasteiger charge is -2.37. The molecule has 1 aromatic heterocycles. The Bertz CT molecular complexity index is 1140. The van der Waals surface area contributed by atoms with Crippen LogP contribution in [0.3, 0.4) is 0 Å². The maximum atomic E-state index is 5.78. The highest BCUT2D eigenvalue weighted by Gasteiger charge is 2.33. The van der Waals surface area contributed by atoms with Gasteiger partial charge in [-0.25, -0.2) is 0 Å². The fourth-order valence-corrected chi connectivity index (χ4v) is 4.26. The summed E-state index contributed by atoms with van der Waals surface area (Å²) in [6, 6.07) is 15.4. The van der Waals surface area contributed by atoms with Gasteiger partial charge < -0.3 is 24.2 Å². The zero-order chi connectivity index (χ0) is 23.4. The van der Waals surface area contributed by atoms with E-state index in [2.05, 4.69) is 29.2 Å². The summed E-state index contributed by atoms with van der Waals surface area (Å²) in [7, 11) is 1.65. The zero-order valence-corrected chi connectivity index (χ0v) is 20.1. The van der Waals surface area contributed by atoms with Crippen molar-refractivity contribution in [2.75, 3.05) is 20.3 Å². The number of allylic oxidation sites excluding steroid dienone is 1. The van der Waals surface area contributed by atoms with E-state index in [9.17, 15) is 0 Å². The molecule has 1 N–H and O–H groups in total. The van der Waals surface area contributed by atoms with Crippen LogP contribution in [0.15, 0.2) is 58.8 Å². The van der Waals surface area contributed by atoms with E-state index in [0.717, 1.165) is 46.9 Å². The quantitative estimate of drug-likeness (QED) is 0.455. The predicted octanol–water partition coefficient (Wildman–Crippen LogP) is 5.22. The second-order valence-electron chi connectivity index (χ2n) is 7.69. The Morgan fingerprint density at radius 1 is 1.06 bits per heavy atom. The van der Waals surface area contributed by atoms with Gasteiger partial charge in [-0.15, -0.1) is 0 Å². The number of rotatable bonds is 8. The number of nitrogens with one attached hydrogen (secondary N) is 1. The van der Waals surface area contributed by atoms with Crippen molar-refractivity contribution >= 4 is 22.9 Å². The first-order valence-electron chi connectivity index (χ1n) is 11.1. The van der Waals surface area contributed by atoms with Crippen LogP contribution in [0.5, 0.6) is 11.5 Å². The Hall–Kier alpha value is -3.39. The number of ether oxygens (including phenoxy) is 2. The molecule has 0 spiro atoms. The average molecular weight is 465 g/mol. The number of benzene rings is 2. The molecule has 0 saturated heterocycles. The van der Waals surface area contributed by atoms with Crippen LogP contribution in [0.25, 0.3) is 17.0 Å². The lowest BCUT2D eigenvalue weighted by atomic mass is 9.94. The third kappa shape index (κ3) is 4.71. The van der Waals surface area contributed by atoms with E-state index in [1.807, 2.05) is 55.5 Å². The van der Waals surface area contributed by atoms with Crippen molar-refractivity contribution in [3.8, 4) is 22.9 Å². The molecule has 0 amide bonds. The minimum atomic E-state index is -0.217. The molecule has 3 aromatic rings. The van der Waals surface area contributed by atoms with Crippen LogP contribution in [0.4, 0.5) is 0 Å². The van der Waals surface area contributed by atoms with Crippen molar-refractivity contribution in [1.29, 1.82) is 0 Å². The van der Waals surface area contributed by atoms with Crippen molar-refractivity contribution in [3.63, 3.8) is 0 Å². The first kappa shape index (κ1) is 22.8. The van der Waals surface area contributed by atoms with Gasteiger partial charge in [0.15, 0.2) is 5.11 Å². The van der Waals surface area contributed by atoms with Crippen LogP contribution in [0.2, 0.25) is 0 Å². The van der Waals surface area contributed by atoms with Crippen LogP contribution in [-0.4, -0.2) is 40.4 Å². The highest BCUT2D eigenvalue weighted by atomic mass is 32.1. The highest BCUT2D eigenvalue weighted by Crippen LogP contribution is 2.38. The summed E-state index contributed by atoms with van der Waals surface area (Å²) >= 11 is 5.69. The van der Waals surface area contributed by atoms with Gasteiger partial charge in [-0.05, 0) is 74.4 Å².